The third-order valence-corrected chi connectivity index (χ3v) is 3.83. The minimum atomic E-state index is -0.0434. The van der Waals surface area contributed by atoms with Crippen LogP contribution in [0.3, 0.4) is 0 Å². The highest BCUT2D eigenvalue weighted by Gasteiger charge is 2.31. The second-order valence-electron chi connectivity index (χ2n) is 5.46. The molecule has 0 saturated heterocycles. The van der Waals surface area contributed by atoms with Gasteiger partial charge in [0, 0.05) is 13.7 Å². The number of hydrogen-bond donors (Lipinski definition) is 2. The number of hydrogen-bond acceptors (Lipinski definition) is 3. The van der Waals surface area contributed by atoms with Gasteiger partial charge in [0.2, 0.25) is 0 Å². The Morgan fingerprint density at radius 1 is 1.44 bits per heavy atom. The van der Waals surface area contributed by atoms with Gasteiger partial charge < -0.3 is 15.8 Å². The molecule has 0 aromatic carbocycles. The first-order valence-corrected chi connectivity index (χ1v) is 6.58. The maximum Gasteiger partial charge on any atom is 0.0659 e. The smallest absolute Gasteiger partial charge is 0.0659 e. The Morgan fingerprint density at radius 3 is 2.56 bits per heavy atom. The fourth-order valence-electron chi connectivity index (χ4n) is 2.18. The van der Waals surface area contributed by atoms with E-state index in [1.54, 1.807) is 7.11 Å². The normalized spacial score (nSPS) is 20.1. The molecule has 0 heterocycles. The number of nitrogens with one attached hydrogen (secondary N) is 1. The molecule has 3 N–H and O–H groups in total. The fraction of sp³-hybridized carbons (Fsp3) is 1.00. The second-order valence-corrected chi connectivity index (χ2v) is 5.46. The molecule has 0 aliphatic heterocycles. The molecule has 0 spiro atoms. The first kappa shape index (κ1) is 13.9. The molecular weight excluding hydrogens is 200 g/mol. The summed E-state index contributed by atoms with van der Waals surface area (Å²) in [5.74, 6) is 1.52. The Hall–Kier alpha value is -0.120. The van der Waals surface area contributed by atoms with Crippen LogP contribution in [0.15, 0.2) is 0 Å². The first-order valence-electron chi connectivity index (χ1n) is 6.58. The number of nitrogens with two attached hydrogens (primary N) is 1. The summed E-state index contributed by atoms with van der Waals surface area (Å²) in [5.41, 5.74) is 5.86. The Kier molecular flexibility index (Phi) is 5.73. The molecule has 3 heteroatoms. The lowest BCUT2D eigenvalue weighted by molar-refractivity contribution is 0.0829. The molecule has 1 saturated carbocycles. The van der Waals surface area contributed by atoms with Crippen molar-refractivity contribution in [2.24, 2.45) is 17.6 Å². The minimum Gasteiger partial charge on any atom is -0.383 e. The van der Waals surface area contributed by atoms with Crippen LogP contribution in [0, 0.1) is 11.8 Å². The van der Waals surface area contributed by atoms with Gasteiger partial charge in [-0.3, -0.25) is 0 Å². The summed E-state index contributed by atoms with van der Waals surface area (Å²) in [6.45, 7) is 6.82. The number of rotatable bonds is 9. The summed E-state index contributed by atoms with van der Waals surface area (Å²) in [4.78, 5) is 0. The maximum absolute atomic E-state index is 5.91. The summed E-state index contributed by atoms with van der Waals surface area (Å²) >= 11 is 0. The van der Waals surface area contributed by atoms with Crippen LogP contribution in [0.1, 0.15) is 39.5 Å². The van der Waals surface area contributed by atoms with Crippen LogP contribution in [0.2, 0.25) is 0 Å². The average Bonchev–Trinajstić information content (AvgIpc) is 3.06. The lowest BCUT2D eigenvalue weighted by Gasteiger charge is -2.37. The van der Waals surface area contributed by atoms with Gasteiger partial charge in [-0.15, -0.1) is 0 Å². The van der Waals surface area contributed by atoms with Crippen LogP contribution in [0.25, 0.3) is 0 Å². The van der Waals surface area contributed by atoms with Gasteiger partial charge in [-0.05, 0) is 31.2 Å². The molecule has 16 heavy (non-hydrogen) atoms. The highest BCUT2D eigenvalue weighted by Crippen LogP contribution is 2.33. The minimum absolute atomic E-state index is 0.0434. The van der Waals surface area contributed by atoms with Crippen LogP contribution in [0.5, 0.6) is 0 Å². The van der Waals surface area contributed by atoms with Gasteiger partial charge in [-0.1, -0.05) is 26.7 Å². The predicted molar refractivity (Wildman–Crippen MR) is 68.5 cm³/mol. The van der Waals surface area contributed by atoms with E-state index in [1.165, 1.54) is 25.7 Å². The molecule has 3 nitrogen and oxygen atoms in total. The molecule has 1 aliphatic carbocycles. The van der Waals surface area contributed by atoms with Gasteiger partial charge in [0.25, 0.3) is 0 Å². The van der Waals surface area contributed by atoms with Gasteiger partial charge in [0.15, 0.2) is 0 Å². The van der Waals surface area contributed by atoms with Crippen molar-refractivity contribution in [1.29, 1.82) is 0 Å². The van der Waals surface area contributed by atoms with Gasteiger partial charge in [-0.2, -0.15) is 0 Å². The Balaban J connectivity index is 2.28. The first-order chi connectivity index (χ1) is 7.64. The van der Waals surface area contributed by atoms with Crippen molar-refractivity contribution < 1.29 is 4.74 Å². The van der Waals surface area contributed by atoms with Crippen molar-refractivity contribution in [3.63, 3.8) is 0 Å². The molecule has 0 radical (unpaired) electrons. The highest BCUT2D eigenvalue weighted by molar-refractivity contribution is 4.92. The van der Waals surface area contributed by atoms with E-state index in [9.17, 15) is 0 Å². The zero-order valence-electron chi connectivity index (χ0n) is 11.1. The van der Waals surface area contributed by atoms with Crippen LogP contribution in [-0.4, -0.2) is 32.3 Å². The summed E-state index contributed by atoms with van der Waals surface area (Å²) in [6.07, 6.45) is 5.54. The van der Waals surface area contributed by atoms with Gasteiger partial charge >= 0.3 is 0 Å². The Bertz CT molecular complexity index is 192. The van der Waals surface area contributed by atoms with Crippen molar-refractivity contribution in [3.8, 4) is 0 Å². The molecule has 1 fully saturated rings. The standard InChI is InChI=1S/C13H28N2O/c1-11(2)13(9-14,10-16-3)15-8-4-5-12-6-7-12/h11-12,15H,4-10,14H2,1-3H3. The maximum atomic E-state index is 5.91. The summed E-state index contributed by atoms with van der Waals surface area (Å²) < 4.78 is 5.31. The predicted octanol–water partition coefficient (Wildman–Crippen LogP) is 1.77. The van der Waals surface area contributed by atoms with Crippen LogP contribution in [-0.2, 0) is 4.74 Å². The van der Waals surface area contributed by atoms with Gasteiger partial charge in [-0.25, -0.2) is 0 Å². The van der Waals surface area contributed by atoms with Crippen molar-refractivity contribution in [2.75, 3.05) is 26.8 Å². The molecule has 96 valence electrons. The van der Waals surface area contributed by atoms with E-state index in [1.807, 2.05) is 0 Å². The fourth-order valence-corrected chi connectivity index (χ4v) is 2.18. The second kappa shape index (κ2) is 6.58. The molecule has 1 aliphatic rings. The topological polar surface area (TPSA) is 47.3 Å². The third kappa shape index (κ3) is 4.04. The third-order valence-electron chi connectivity index (χ3n) is 3.83. The van der Waals surface area contributed by atoms with Crippen molar-refractivity contribution >= 4 is 0 Å². The molecule has 0 amide bonds. The van der Waals surface area contributed by atoms with Gasteiger partial charge in [0.05, 0.1) is 12.1 Å². The zero-order valence-corrected chi connectivity index (χ0v) is 11.1. The largest absolute Gasteiger partial charge is 0.383 e. The van der Waals surface area contributed by atoms with E-state index >= 15 is 0 Å². The van der Waals surface area contributed by atoms with E-state index in [2.05, 4.69) is 19.2 Å². The van der Waals surface area contributed by atoms with E-state index in [4.69, 9.17) is 10.5 Å². The number of methoxy groups -OCH3 is 1. The summed E-state index contributed by atoms with van der Waals surface area (Å²) in [7, 11) is 1.75. The van der Waals surface area contributed by atoms with Crippen LogP contribution in [0.4, 0.5) is 0 Å². The lowest BCUT2D eigenvalue weighted by Crippen LogP contribution is -2.58. The van der Waals surface area contributed by atoms with Crippen molar-refractivity contribution in [1.82, 2.24) is 5.32 Å². The lowest BCUT2D eigenvalue weighted by atomic mass is 9.87. The zero-order chi connectivity index (χ0) is 12.0. The Morgan fingerprint density at radius 2 is 2.12 bits per heavy atom. The van der Waals surface area contributed by atoms with E-state index < -0.39 is 0 Å². The number of ether oxygens (including phenoxy) is 1. The summed E-state index contributed by atoms with van der Waals surface area (Å²) in [5, 5.41) is 3.62. The molecule has 1 unspecified atom stereocenters. The van der Waals surface area contributed by atoms with E-state index in [0.29, 0.717) is 19.1 Å². The highest BCUT2D eigenvalue weighted by atomic mass is 16.5. The van der Waals surface area contributed by atoms with Gasteiger partial charge in [0.1, 0.15) is 0 Å². The molecule has 0 aromatic heterocycles. The quantitative estimate of drug-likeness (QED) is 0.591. The van der Waals surface area contributed by atoms with Crippen LogP contribution >= 0.6 is 0 Å². The molecular formula is C13H28N2O. The van der Waals surface area contributed by atoms with Crippen molar-refractivity contribution in [2.45, 2.75) is 45.1 Å². The van der Waals surface area contributed by atoms with Crippen LogP contribution < -0.4 is 11.1 Å². The average molecular weight is 228 g/mol. The molecule has 1 rings (SSSR count). The molecule has 1 atom stereocenters. The van der Waals surface area contributed by atoms with E-state index in [0.717, 1.165) is 12.5 Å². The van der Waals surface area contributed by atoms with Crippen molar-refractivity contribution in [3.05, 3.63) is 0 Å². The molecule has 0 aromatic rings. The van der Waals surface area contributed by atoms with E-state index in [-0.39, 0.29) is 5.54 Å². The SMILES string of the molecule is COCC(CN)(NCCCC1CC1)C(C)C. The summed E-state index contributed by atoms with van der Waals surface area (Å²) in [6, 6.07) is 0. The Labute approximate surface area is 100 Å². The molecule has 0 bridgehead atoms. The monoisotopic (exact) mass is 228 g/mol.